The zero-order chi connectivity index (χ0) is 26.2. The van der Waals surface area contributed by atoms with Gasteiger partial charge in [0.25, 0.3) is 15.9 Å². The fraction of sp³-hybridized carbons (Fsp3) is 0.259. The Balaban J connectivity index is 0.00000336. The van der Waals surface area contributed by atoms with Crippen LogP contribution in [0.2, 0.25) is 0 Å². The minimum Gasteiger partial charge on any atom is -0.308 e. The van der Waals surface area contributed by atoms with Crippen LogP contribution in [0.5, 0.6) is 0 Å². The summed E-state index contributed by atoms with van der Waals surface area (Å²) in [6.45, 7) is 1.33. The molecule has 2 heterocycles. The van der Waals surface area contributed by atoms with Crippen LogP contribution in [-0.4, -0.2) is 57.9 Å². The average Bonchev–Trinajstić information content (AvgIpc) is 3.33. The normalized spacial score (nSPS) is 13.3. The highest BCUT2D eigenvalue weighted by Crippen LogP contribution is 2.33. The number of likely N-dealkylation sites (N-methyl/N-ethyl adjacent to an activating group) is 1. The molecule has 1 aliphatic rings. The second-order valence-electron chi connectivity index (χ2n) is 9.18. The first-order chi connectivity index (χ1) is 17.8. The smallest absolute Gasteiger partial charge is 0.264 e. The quantitative estimate of drug-likeness (QED) is 0.303. The SMILES string of the molecule is CN(C)CCN(C(=O)c1ccc(S(=O)(=O)N2CCCc3ccccc32)cc1)c1nc2c(F)cccc2s1.Cl. The number of sulfonamides is 1. The Hall–Kier alpha value is -3.05. The number of hydrogen-bond acceptors (Lipinski definition) is 6. The van der Waals surface area contributed by atoms with Crippen LogP contribution in [0.15, 0.2) is 71.6 Å². The van der Waals surface area contributed by atoms with Crippen LogP contribution in [0.4, 0.5) is 15.2 Å². The van der Waals surface area contributed by atoms with Crippen molar-refractivity contribution in [2.75, 3.05) is 42.9 Å². The molecule has 0 radical (unpaired) electrons. The number of hydrogen-bond donors (Lipinski definition) is 0. The first-order valence-corrected chi connectivity index (χ1v) is 14.2. The van der Waals surface area contributed by atoms with E-state index in [1.54, 1.807) is 12.1 Å². The summed E-state index contributed by atoms with van der Waals surface area (Å²) in [7, 11) is 0.0197. The van der Waals surface area contributed by atoms with Gasteiger partial charge in [0.15, 0.2) is 5.13 Å². The van der Waals surface area contributed by atoms with Crippen molar-refractivity contribution in [3.63, 3.8) is 0 Å². The first-order valence-electron chi connectivity index (χ1n) is 12.0. The van der Waals surface area contributed by atoms with Gasteiger partial charge in [-0.05, 0) is 75.0 Å². The molecule has 0 unspecified atom stereocenters. The molecule has 0 aliphatic carbocycles. The van der Waals surface area contributed by atoms with Crippen LogP contribution < -0.4 is 9.21 Å². The zero-order valence-corrected chi connectivity index (χ0v) is 23.5. The van der Waals surface area contributed by atoms with Gasteiger partial charge in [-0.3, -0.25) is 14.0 Å². The summed E-state index contributed by atoms with van der Waals surface area (Å²) in [4.78, 5) is 21.6. The van der Waals surface area contributed by atoms with E-state index in [9.17, 15) is 17.6 Å². The fourth-order valence-corrected chi connectivity index (χ4v) is 6.95. The molecule has 3 aromatic carbocycles. The summed E-state index contributed by atoms with van der Waals surface area (Å²) in [5, 5.41) is 0.397. The van der Waals surface area contributed by atoms with Gasteiger partial charge in [-0.1, -0.05) is 35.6 Å². The first kappa shape index (κ1) is 28.0. The lowest BCUT2D eigenvalue weighted by molar-refractivity contribution is 0.0985. The molecule has 0 saturated carbocycles. The third-order valence-electron chi connectivity index (χ3n) is 6.36. The number of carbonyl (C=O) groups is 1. The number of amides is 1. The predicted octanol–water partition coefficient (Wildman–Crippen LogP) is 5.21. The van der Waals surface area contributed by atoms with Crippen LogP contribution in [0.1, 0.15) is 22.3 Å². The number of halogens is 2. The molecule has 1 amide bonds. The summed E-state index contributed by atoms with van der Waals surface area (Å²) >= 11 is 1.25. The number of thiazole rings is 1. The van der Waals surface area contributed by atoms with Crippen molar-refractivity contribution in [1.29, 1.82) is 0 Å². The average molecular weight is 575 g/mol. The topological polar surface area (TPSA) is 73.8 Å². The molecule has 38 heavy (non-hydrogen) atoms. The maximum Gasteiger partial charge on any atom is 0.264 e. The Morgan fingerprint density at radius 1 is 1.03 bits per heavy atom. The molecule has 11 heteroatoms. The van der Waals surface area contributed by atoms with Crippen molar-refractivity contribution in [2.24, 2.45) is 0 Å². The van der Waals surface area contributed by atoms with Crippen molar-refractivity contribution in [2.45, 2.75) is 17.7 Å². The third kappa shape index (κ3) is 5.40. The van der Waals surface area contributed by atoms with Gasteiger partial charge in [0.2, 0.25) is 0 Å². The van der Waals surface area contributed by atoms with Gasteiger partial charge in [-0.2, -0.15) is 0 Å². The van der Waals surface area contributed by atoms with E-state index in [2.05, 4.69) is 4.98 Å². The van der Waals surface area contributed by atoms with Gasteiger partial charge in [-0.15, -0.1) is 12.4 Å². The number of fused-ring (bicyclic) bond motifs is 2. The van der Waals surface area contributed by atoms with E-state index >= 15 is 0 Å². The molecular formula is C27H28ClFN4O3S2. The van der Waals surface area contributed by atoms with Crippen molar-refractivity contribution in [3.8, 4) is 0 Å². The number of carbonyl (C=O) groups excluding carboxylic acids is 1. The van der Waals surface area contributed by atoms with E-state index in [0.29, 0.717) is 40.7 Å². The lowest BCUT2D eigenvalue weighted by Crippen LogP contribution is -2.37. The monoisotopic (exact) mass is 574 g/mol. The number of aromatic nitrogens is 1. The molecule has 0 spiro atoms. The van der Waals surface area contributed by atoms with E-state index < -0.39 is 15.8 Å². The van der Waals surface area contributed by atoms with E-state index in [1.807, 2.05) is 43.3 Å². The van der Waals surface area contributed by atoms with Crippen LogP contribution in [0, 0.1) is 5.82 Å². The molecule has 1 aromatic heterocycles. The Labute approximate surface area is 232 Å². The van der Waals surface area contributed by atoms with Crippen molar-refractivity contribution < 1.29 is 17.6 Å². The Morgan fingerprint density at radius 2 is 1.76 bits per heavy atom. The molecule has 0 bridgehead atoms. The molecule has 0 fully saturated rings. The van der Waals surface area contributed by atoms with E-state index in [4.69, 9.17) is 0 Å². The van der Waals surface area contributed by atoms with Gasteiger partial charge in [0.1, 0.15) is 11.3 Å². The molecule has 7 nitrogen and oxygen atoms in total. The summed E-state index contributed by atoms with van der Waals surface area (Å²) in [5.74, 6) is -0.762. The molecule has 0 atom stereocenters. The van der Waals surface area contributed by atoms with Gasteiger partial charge in [0.05, 0.1) is 15.3 Å². The fourth-order valence-electron chi connectivity index (χ4n) is 4.40. The van der Waals surface area contributed by atoms with Crippen LogP contribution >= 0.6 is 23.7 Å². The van der Waals surface area contributed by atoms with Crippen molar-refractivity contribution in [3.05, 3.63) is 83.7 Å². The Kier molecular flexibility index (Phi) is 8.37. The molecule has 200 valence electrons. The second kappa shape index (κ2) is 11.4. The standard InChI is InChI=1S/C27H27FN4O3S2.ClH/c1-30(2)17-18-31(27-29-25-22(28)9-5-11-24(25)36-27)26(33)20-12-14-21(15-13-20)37(34,35)32-16-6-8-19-7-3-4-10-23(19)32;/h3-5,7,9-15H,6,8,16-18H2,1-2H3;1H. The molecule has 1 aliphatic heterocycles. The molecule has 5 rings (SSSR count). The van der Waals surface area contributed by atoms with E-state index in [0.717, 1.165) is 18.4 Å². The van der Waals surface area contributed by atoms with E-state index in [-0.39, 0.29) is 28.7 Å². The van der Waals surface area contributed by atoms with E-state index in [1.165, 1.54) is 50.9 Å². The minimum absolute atomic E-state index is 0. The third-order valence-corrected chi connectivity index (χ3v) is 9.23. The zero-order valence-electron chi connectivity index (χ0n) is 21.0. The van der Waals surface area contributed by atoms with Gasteiger partial charge in [0, 0.05) is 25.2 Å². The number of nitrogens with zero attached hydrogens (tertiary/aromatic N) is 4. The van der Waals surface area contributed by atoms with Crippen LogP contribution in [0.25, 0.3) is 10.2 Å². The maximum absolute atomic E-state index is 14.3. The molecule has 0 saturated heterocycles. The second-order valence-corrected chi connectivity index (χ2v) is 12.0. The number of para-hydroxylation sites is 2. The molecule has 4 aromatic rings. The van der Waals surface area contributed by atoms with Gasteiger partial charge < -0.3 is 4.90 Å². The lowest BCUT2D eigenvalue weighted by Gasteiger charge is -2.30. The van der Waals surface area contributed by atoms with Gasteiger partial charge in [-0.25, -0.2) is 17.8 Å². The summed E-state index contributed by atoms with van der Waals surface area (Å²) < 4.78 is 43.3. The molecule has 0 N–H and O–H groups in total. The minimum atomic E-state index is -3.78. The summed E-state index contributed by atoms with van der Waals surface area (Å²) in [6, 6.07) is 18.3. The number of aryl methyl sites for hydroxylation is 1. The Bertz CT molecular complexity index is 1560. The summed E-state index contributed by atoms with van der Waals surface area (Å²) in [5.41, 5.74) is 2.27. The largest absolute Gasteiger partial charge is 0.308 e. The summed E-state index contributed by atoms with van der Waals surface area (Å²) in [6.07, 6.45) is 1.59. The lowest BCUT2D eigenvalue weighted by atomic mass is 10.0. The highest BCUT2D eigenvalue weighted by Gasteiger charge is 2.29. The highest BCUT2D eigenvalue weighted by atomic mass is 35.5. The Morgan fingerprint density at radius 3 is 2.47 bits per heavy atom. The van der Waals surface area contributed by atoms with Gasteiger partial charge >= 0.3 is 0 Å². The van der Waals surface area contributed by atoms with Crippen molar-refractivity contribution >= 4 is 60.7 Å². The maximum atomic E-state index is 14.3. The number of rotatable bonds is 7. The number of anilines is 2. The predicted molar refractivity (Wildman–Crippen MR) is 153 cm³/mol. The van der Waals surface area contributed by atoms with Crippen LogP contribution in [-0.2, 0) is 16.4 Å². The van der Waals surface area contributed by atoms with Crippen molar-refractivity contribution in [1.82, 2.24) is 9.88 Å². The number of benzene rings is 3. The highest BCUT2D eigenvalue weighted by molar-refractivity contribution is 7.92. The molecular weight excluding hydrogens is 547 g/mol. The van der Waals surface area contributed by atoms with Crippen LogP contribution in [0.3, 0.4) is 0 Å².